The van der Waals surface area contributed by atoms with Crippen LogP contribution in [-0.2, 0) is 0 Å². The summed E-state index contributed by atoms with van der Waals surface area (Å²) in [6, 6.07) is 4.69. The summed E-state index contributed by atoms with van der Waals surface area (Å²) in [5.74, 6) is -0.236. The van der Waals surface area contributed by atoms with Crippen molar-refractivity contribution < 1.29 is 14.6 Å². The summed E-state index contributed by atoms with van der Waals surface area (Å²) in [5, 5.41) is 12.4. The van der Waals surface area contributed by atoms with Gasteiger partial charge in [0, 0.05) is 12.6 Å². The molecule has 0 aliphatic heterocycles. The van der Waals surface area contributed by atoms with Crippen molar-refractivity contribution in [2.45, 2.75) is 19.4 Å². The molecule has 0 aromatic heterocycles. The summed E-state index contributed by atoms with van der Waals surface area (Å²) in [5.41, 5.74) is 5.88. The lowest BCUT2D eigenvalue weighted by molar-refractivity contribution is 0.0947. The number of benzene rings is 1. The fraction of sp³-hybridized carbons (Fsp3) is 0.417. The van der Waals surface area contributed by atoms with Crippen LogP contribution in [0.3, 0.4) is 0 Å². The van der Waals surface area contributed by atoms with Crippen LogP contribution in [0.25, 0.3) is 0 Å². The van der Waals surface area contributed by atoms with Crippen LogP contribution in [0, 0.1) is 0 Å². The Balaban J connectivity index is 2.75. The van der Waals surface area contributed by atoms with Crippen LogP contribution in [0.1, 0.15) is 23.7 Å². The maximum absolute atomic E-state index is 11.8. The number of amides is 1. The maximum atomic E-state index is 11.8. The van der Waals surface area contributed by atoms with Crippen LogP contribution >= 0.6 is 0 Å². The molecule has 1 unspecified atom stereocenters. The van der Waals surface area contributed by atoms with Crippen molar-refractivity contribution in [2.24, 2.45) is 5.73 Å². The highest BCUT2D eigenvalue weighted by Crippen LogP contribution is 2.28. The number of hydrogen-bond acceptors (Lipinski definition) is 4. The third-order valence-corrected chi connectivity index (χ3v) is 2.51. The number of hydrogen-bond donors (Lipinski definition) is 3. The van der Waals surface area contributed by atoms with Crippen molar-refractivity contribution in [3.05, 3.63) is 23.8 Å². The summed E-state index contributed by atoms with van der Waals surface area (Å²) >= 11 is 0. The minimum Gasteiger partial charge on any atom is -0.504 e. The second-order valence-corrected chi connectivity index (χ2v) is 3.73. The number of methoxy groups -OCH3 is 1. The van der Waals surface area contributed by atoms with Crippen molar-refractivity contribution in [1.82, 2.24) is 5.32 Å². The standard InChI is InChI=1S/C12H18N2O3/c1-3-8(13)7-14-12(16)9-5-4-6-10(17-2)11(9)15/h4-6,8,15H,3,7,13H2,1-2H3,(H,14,16). The van der Waals surface area contributed by atoms with E-state index >= 15 is 0 Å². The van der Waals surface area contributed by atoms with Crippen LogP contribution in [0.5, 0.6) is 11.5 Å². The van der Waals surface area contributed by atoms with Gasteiger partial charge >= 0.3 is 0 Å². The number of nitrogens with one attached hydrogen (secondary N) is 1. The molecule has 0 saturated heterocycles. The number of carbonyl (C=O) groups excluding carboxylic acids is 1. The van der Waals surface area contributed by atoms with Gasteiger partial charge in [-0.1, -0.05) is 13.0 Å². The number of phenols is 1. The first-order chi connectivity index (χ1) is 8.10. The zero-order valence-corrected chi connectivity index (χ0v) is 10.1. The smallest absolute Gasteiger partial charge is 0.255 e. The second kappa shape index (κ2) is 6.10. The van der Waals surface area contributed by atoms with E-state index in [-0.39, 0.29) is 29.0 Å². The predicted octanol–water partition coefficient (Wildman–Crippen LogP) is 0.868. The molecule has 1 aromatic rings. The van der Waals surface area contributed by atoms with Crippen molar-refractivity contribution in [3.63, 3.8) is 0 Å². The Morgan fingerprint density at radius 1 is 1.59 bits per heavy atom. The van der Waals surface area contributed by atoms with Crippen molar-refractivity contribution in [1.29, 1.82) is 0 Å². The quantitative estimate of drug-likeness (QED) is 0.710. The molecule has 0 saturated carbocycles. The Hall–Kier alpha value is -1.75. The number of ether oxygens (including phenoxy) is 1. The number of nitrogens with two attached hydrogens (primary N) is 1. The molecule has 1 atom stereocenters. The molecular weight excluding hydrogens is 220 g/mol. The maximum Gasteiger partial charge on any atom is 0.255 e. The van der Waals surface area contributed by atoms with Gasteiger partial charge in [-0.05, 0) is 18.6 Å². The molecule has 0 heterocycles. The molecular formula is C12H18N2O3. The number of aromatic hydroxyl groups is 1. The molecule has 1 aromatic carbocycles. The number of para-hydroxylation sites is 1. The SMILES string of the molecule is CCC(N)CNC(=O)c1cccc(OC)c1O. The van der Waals surface area contributed by atoms with Crippen LogP contribution in [0.4, 0.5) is 0 Å². The third-order valence-electron chi connectivity index (χ3n) is 2.51. The fourth-order valence-electron chi connectivity index (χ4n) is 1.33. The Labute approximate surface area is 101 Å². The second-order valence-electron chi connectivity index (χ2n) is 3.73. The predicted molar refractivity (Wildman–Crippen MR) is 65.3 cm³/mol. The minimum absolute atomic E-state index is 0.0771. The van der Waals surface area contributed by atoms with E-state index in [0.717, 1.165) is 6.42 Å². The van der Waals surface area contributed by atoms with E-state index in [4.69, 9.17) is 10.5 Å². The lowest BCUT2D eigenvalue weighted by Gasteiger charge is -2.12. The minimum atomic E-state index is -0.356. The first kappa shape index (κ1) is 13.3. The summed E-state index contributed by atoms with van der Waals surface area (Å²) in [6.07, 6.45) is 0.782. The van der Waals surface area contributed by atoms with Crippen LogP contribution in [0.15, 0.2) is 18.2 Å². The highest BCUT2D eigenvalue weighted by Gasteiger charge is 2.14. The molecule has 0 bridgehead atoms. The van der Waals surface area contributed by atoms with Crippen molar-refractivity contribution in [3.8, 4) is 11.5 Å². The molecule has 1 rings (SSSR count). The fourth-order valence-corrected chi connectivity index (χ4v) is 1.33. The molecule has 0 fully saturated rings. The first-order valence-corrected chi connectivity index (χ1v) is 5.49. The van der Waals surface area contributed by atoms with Crippen LogP contribution < -0.4 is 15.8 Å². The van der Waals surface area contributed by atoms with E-state index in [0.29, 0.717) is 6.54 Å². The van der Waals surface area contributed by atoms with E-state index in [2.05, 4.69) is 5.32 Å². The van der Waals surface area contributed by atoms with Gasteiger partial charge in [-0.2, -0.15) is 0 Å². The lowest BCUT2D eigenvalue weighted by atomic mass is 10.1. The van der Waals surface area contributed by atoms with Gasteiger partial charge in [0.25, 0.3) is 5.91 Å². The Kier molecular flexibility index (Phi) is 4.78. The monoisotopic (exact) mass is 238 g/mol. The molecule has 17 heavy (non-hydrogen) atoms. The summed E-state index contributed by atoms with van der Waals surface area (Å²) in [6.45, 7) is 2.33. The zero-order chi connectivity index (χ0) is 12.8. The normalized spacial score (nSPS) is 11.9. The molecule has 0 aliphatic rings. The van der Waals surface area contributed by atoms with E-state index in [1.807, 2.05) is 6.92 Å². The van der Waals surface area contributed by atoms with Gasteiger partial charge < -0.3 is 20.9 Å². The van der Waals surface area contributed by atoms with Gasteiger partial charge in [0.15, 0.2) is 11.5 Å². The van der Waals surface area contributed by atoms with E-state index in [1.165, 1.54) is 13.2 Å². The van der Waals surface area contributed by atoms with Crippen LogP contribution in [-0.4, -0.2) is 30.7 Å². The van der Waals surface area contributed by atoms with Gasteiger partial charge in [-0.3, -0.25) is 4.79 Å². The van der Waals surface area contributed by atoms with Gasteiger partial charge in [0.05, 0.1) is 12.7 Å². The molecule has 0 aliphatic carbocycles. The number of rotatable bonds is 5. The van der Waals surface area contributed by atoms with Crippen molar-refractivity contribution in [2.75, 3.05) is 13.7 Å². The Morgan fingerprint density at radius 2 is 2.29 bits per heavy atom. The molecule has 1 amide bonds. The third kappa shape index (κ3) is 3.35. The highest BCUT2D eigenvalue weighted by atomic mass is 16.5. The van der Waals surface area contributed by atoms with Gasteiger partial charge in [0.1, 0.15) is 0 Å². The lowest BCUT2D eigenvalue weighted by Crippen LogP contribution is -2.36. The largest absolute Gasteiger partial charge is 0.504 e. The Bertz CT molecular complexity index is 393. The van der Waals surface area contributed by atoms with Gasteiger partial charge in [0.2, 0.25) is 0 Å². The summed E-state index contributed by atoms with van der Waals surface area (Å²) < 4.78 is 4.93. The average Bonchev–Trinajstić information content (AvgIpc) is 2.35. The first-order valence-electron chi connectivity index (χ1n) is 5.49. The summed E-state index contributed by atoms with van der Waals surface area (Å²) in [4.78, 5) is 11.8. The highest BCUT2D eigenvalue weighted by molar-refractivity contribution is 5.97. The van der Waals surface area contributed by atoms with Crippen molar-refractivity contribution >= 4 is 5.91 Å². The molecule has 0 radical (unpaired) electrons. The molecule has 5 heteroatoms. The topological polar surface area (TPSA) is 84.6 Å². The summed E-state index contributed by atoms with van der Waals surface area (Å²) in [7, 11) is 1.43. The van der Waals surface area contributed by atoms with Gasteiger partial charge in [-0.15, -0.1) is 0 Å². The van der Waals surface area contributed by atoms with E-state index in [1.54, 1.807) is 12.1 Å². The van der Waals surface area contributed by atoms with E-state index in [9.17, 15) is 9.90 Å². The van der Waals surface area contributed by atoms with E-state index < -0.39 is 0 Å². The number of carbonyl (C=O) groups is 1. The number of phenolic OH excluding ortho intramolecular Hbond substituents is 1. The molecule has 0 spiro atoms. The zero-order valence-electron chi connectivity index (χ0n) is 10.1. The Morgan fingerprint density at radius 3 is 2.88 bits per heavy atom. The molecule has 4 N–H and O–H groups in total. The molecule has 5 nitrogen and oxygen atoms in total. The molecule has 94 valence electrons. The van der Waals surface area contributed by atoms with Crippen LogP contribution in [0.2, 0.25) is 0 Å². The average molecular weight is 238 g/mol. The van der Waals surface area contributed by atoms with Gasteiger partial charge in [-0.25, -0.2) is 0 Å².